The number of methoxy groups -OCH3 is 2. The van der Waals surface area contributed by atoms with E-state index in [1.54, 1.807) is 6.07 Å². The maximum atomic E-state index is 13.9. The van der Waals surface area contributed by atoms with Crippen LogP contribution in [0.15, 0.2) is 47.4 Å². The Hall–Kier alpha value is -2.36. The molecule has 29 heavy (non-hydrogen) atoms. The van der Waals surface area contributed by atoms with E-state index in [-0.39, 0.29) is 28.6 Å². The van der Waals surface area contributed by atoms with Gasteiger partial charge in [0.25, 0.3) is 0 Å². The molecule has 1 aliphatic rings. The summed E-state index contributed by atoms with van der Waals surface area (Å²) >= 11 is 6.06. The Kier molecular flexibility index (Phi) is 6.30. The fourth-order valence-electron chi connectivity index (χ4n) is 3.13. The van der Waals surface area contributed by atoms with Gasteiger partial charge in [-0.3, -0.25) is 4.79 Å². The summed E-state index contributed by atoms with van der Waals surface area (Å²) < 4.78 is 56.6. The first-order chi connectivity index (χ1) is 13.8. The Labute approximate surface area is 173 Å². The number of sulfonamides is 1. The molecule has 0 radical (unpaired) electrons. The van der Waals surface area contributed by atoms with E-state index < -0.39 is 34.0 Å². The zero-order chi connectivity index (χ0) is 21.2. The van der Waals surface area contributed by atoms with Gasteiger partial charge in [-0.2, -0.15) is 4.31 Å². The number of carbonyl (C=O) groups excluding carboxylic acids is 1. The molecular formula is C19H19ClFNO6S. The maximum Gasteiger partial charge on any atom is 0.324 e. The highest BCUT2D eigenvalue weighted by atomic mass is 35.5. The topological polar surface area (TPSA) is 82.1 Å². The SMILES string of the molecule is COC(=O)C1CC(Oc2ccccc2F)CN1S(=O)(=O)c1ccc(OC)c(Cl)c1. The number of esters is 1. The summed E-state index contributed by atoms with van der Waals surface area (Å²) in [5.74, 6) is -1.01. The number of nitrogens with zero attached hydrogens (tertiary/aromatic N) is 1. The molecule has 0 spiro atoms. The second kappa shape index (κ2) is 8.56. The molecule has 1 heterocycles. The van der Waals surface area contributed by atoms with Crippen LogP contribution < -0.4 is 9.47 Å². The molecule has 1 aliphatic heterocycles. The van der Waals surface area contributed by atoms with Crippen LogP contribution in [0.2, 0.25) is 5.02 Å². The van der Waals surface area contributed by atoms with Crippen molar-refractivity contribution in [3.63, 3.8) is 0 Å². The summed E-state index contributed by atoms with van der Waals surface area (Å²) in [6.07, 6.45) is -0.719. The summed E-state index contributed by atoms with van der Waals surface area (Å²) in [6, 6.07) is 8.67. The van der Waals surface area contributed by atoms with E-state index in [4.69, 9.17) is 25.8 Å². The van der Waals surface area contributed by atoms with E-state index in [9.17, 15) is 17.6 Å². The van der Waals surface area contributed by atoms with E-state index in [0.717, 1.165) is 4.31 Å². The smallest absolute Gasteiger partial charge is 0.324 e. The first-order valence-corrected chi connectivity index (χ1v) is 10.4. The molecule has 10 heteroatoms. The third kappa shape index (κ3) is 4.31. The fraction of sp³-hybridized carbons (Fsp3) is 0.316. The molecule has 7 nitrogen and oxygen atoms in total. The van der Waals surface area contributed by atoms with Crippen LogP contribution in [0.3, 0.4) is 0 Å². The Balaban J connectivity index is 1.91. The minimum absolute atomic E-state index is 0.0180. The lowest BCUT2D eigenvalue weighted by molar-refractivity contribution is -0.144. The van der Waals surface area contributed by atoms with Crippen molar-refractivity contribution in [1.82, 2.24) is 4.31 Å². The van der Waals surface area contributed by atoms with E-state index in [1.807, 2.05) is 0 Å². The molecule has 0 N–H and O–H groups in total. The van der Waals surface area contributed by atoms with Gasteiger partial charge in [0.15, 0.2) is 11.6 Å². The van der Waals surface area contributed by atoms with Gasteiger partial charge in [0.05, 0.1) is 30.7 Å². The van der Waals surface area contributed by atoms with Crippen molar-refractivity contribution < 1.29 is 31.8 Å². The molecule has 2 atom stereocenters. The van der Waals surface area contributed by atoms with E-state index in [2.05, 4.69) is 0 Å². The van der Waals surface area contributed by atoms with Gasteiger partial charge in [0, 0.05) is 6.42 Å². The molecule has 0 aliphatic carbocycles. The summed E-state index contributed by atoms with van der Waals surface area (Å²) in [5.41, 5.74) is 0. The molecule has 0 saturated carbocycles. The number of hydrogen-bond acceptors (Lipinski definition) is 6. The summed E-state index contributed by atoms with van der Waals surface area (Å²) in [6.45, 7) is -0.153. The van der Waals surface area contributed by atoms with E-state index in [0.29, 0.717) is 5.75 Å². The molecule has 2 aromatic rings. The van der Waals surface area contributed by atoms with Gasteiger partial charge in [-0.05, 0) is 30.3 Å². The first kappa shape index (κ1) is 21.4. The molecule has 1 saturated heterocycles. The summed E-state index contributed by atoms with van der Waals surface area (Å²) in [4.78, 5) is 12.1. The quantitative estimate of drug-likeness (QED) is 0.638. The number of hydrogen-bond donors (Lipinski definition) is 0. The van der Waals surface area contributed by atoms with Crippen molar-refractivity contribution in [3.8, 4) is 11.5 Å². The molecule has 0 amide bonds. The lowest BCUT2D eigenvalue weighted by atomic mass is 10.2. The van der Waals surface area contributed by atoms with Crippen molar-refractivity contribution in [3.05, 3.63) is 53.3 Å². The van der Waals surface area contributed by atoms with Gasteiger partial charge in [0.1, 0.15) is 17.9 Å². The van der Waals surface area contributed by atoms with E-state index in [1.165, 1.54) is 50.6 Å². The standard InChI is InChI=1S/C19H19ClFNO6S/c1-26-17-8-7-13(10-14(17)20)29(24,25)22-11-12(9-16(22)19(23)27-2)28-18-6-4-3-5-15(18)21/h3-8,10,12,16H,9,11H2,1-2H3. The Bertz CT molecular complexity index is 1020. The predicted molar refractivity (Wildman–Crippen MR) is 103 cm³/mol. The summed E-state index contributed by atoms with van der Waals surface area (Å²) in [7, 11) is -1.53. The lowest BCUT2D eigenvalue weighted by Gasteiger charge is -2.22. The average Bonchev–Trinajstić information content (AvgIpc) is 3.14. The van der Waals surface area contributed by atoms with Crippen LogP contribution in [0.4, 0.5) is 4.39 Å². The van der Waals surface area contributed by atoms with Gasteiger partial charge in [-0.1, -0.05) is 23.7 Å². The highest BCUT2D eigenvalue weighted by molar-refractivity contribution is 7.89. The van der Waals surface area contributed by atoms with Crippen molar-refractivity contribution >= 4 is 27.6 Å². The zero-order valence-corrected chi connectivity index (χ0v) is 17.2. The third-order valence-electron chi connectivity index (χ3n) is 4.55. The summed E-state index contributed by atoms with van der Waals surface area (Å²) in [5, 5.41) is 0.113. The average molecular weight is 444 g/mol. The highest BCUT2D eigenvalue weighted by Gasteiger charge is 2.46. The van der Waals surface area contributed by atoms with Crippen molar-refractivity contribution in [2.24, 2.45) is 0 Å². The molecule has 3 rings (SSSR count). The molecule has 0 aromatic heterocycles. The van der Waals surface area contributed by atoms with Gasteiger partial charge < -0.3 is 14.2 Å². The highest BCUT2D eigenvalue weighted by Crippen LogP contribution is 2.33. The number of ether oxygens (including phenoxy) is 3. The number of para-hydroxylation sites is 1. The lowest BCUT2D eigenvalue weighted by Crippen LogP contribution is -2.41. The van der Waals surface area contributed by atoms with Crippen LogP contribution in [-0.2, 0) is 19.6 Å². The molecule has 0 bridgehead atoms. The van der Waals surface area contributed by atoms with E-state index >= 15 is 0 Å². The molecule has 2 aromatic carbocycles. The number of carbonyl (C=O) groups is 1. The number of rotatable bonds is 6. The second-order valence-corrected chi connectivity index (χ2v) is 8.61. The van der Waals surface area contributed by atoms with Crippen LogP contribution in [0.1, 0.15) is 6.42 Å². The number of halogens is 2. The minimum atomic E-state index is -4.11. The fourth-order valence-corrected chi connectivity index (χ4v) is 5.10. The van der Waals surface area contributed by atoms with Gasteiger partial charge in [0.2, 0.25) is 10.0 Å². The monoisotopic (exact) mass is 443 g/mol. The predicted octanol–water partition coefficient (Wildman–Crippen LogP) is 2.87. The third-order valence-corrected chi connectivity index (χ3v) is 6.72. The van der Waals surface area contributed by atoms with Gasteiger partial charge in [-0.15, -0.1) is 0 Å². The Morgan fingerprint density at radius 3 is 2.52 bits per heavy atom. The molecular weight excluding hydrogens is 425 g/mol. The van der Waals surface area contributed by atoms with Crippen LogP contribution >= 0.6 is 11.6 Å². The first-order valence-electron chi connectivity index (χ1n) is 8.62. The van der Waals surface area contributed by atoms with Crippen LogP contribution in [-0.4, -0.2) is 51.6 Å². The molecule has 156 valence electrons. The number of benzene rings is 2. The van der Waals surface area contributed by atoms with Crippen LogP contribution in [0.5, 0.6) is 11.5 Å². The van der Waals surface area contributed by atoms with Crippen molar-refractivity contribution in [2.45, 2.75) is 23.5 Å². The maximum absolute atomic E-state index is 13.9. The van der Waals surface area contributed by atoms with Crippen LogP contribution in [0, 0.1) is 5.82 Å². The van der Waals surface area contributed by atoms with Gasteiger partial charge >= 0.3 is 5.97 Å². The molecule has 1 fully saturated rings. The minimum Gasteiger partial charge on any atom is -0.495 e. The zero-order valence-electron chi connectivity index (χ0n) is 15.7. The Morgan fingerprint density at radius 1 is 1.17 bits per heavy atom. The van der Waals surface area contributed by atoms with Crippen molar-refractivity contribution in [2.75, 3.05) is 20.8 Å². The second-order valence-electron chi connectivity index (χ2n) is 6.32. The Morgan fingerprint density at radius 2 is 1.90 bits per heavy atom. The normalized spacial score (nSPS) is 19.7. The van der Waals surface area contributed by atoms with Crippen molar-refractivity contribution in [1.29, 1.82) is 0 Å². The largest absolute Gasteiger partial charge is 0.495 e. The van der Waals surface area contributed by atoms with Gasteiger partial charge in [-0.25, -0.2) is 12.8 Å². The molecule has 2 unspecified atom stereocenters. The van der Waals surface area contributed by atoms with Crippen LogP contribution in [0.25, 0.3) is 0 Å².